The maximum Gasteiger partial charge on any atom is 0.0341 e. The molecule has 1 aromatic carbocycles. The summed E-state index contributed by atoms with van der Waals surface area (Å²) in [7, 11) is 4.28. The summed E-state index contributed by atoms with van der Waals surface area (Å²) < 4.78 is 0. The summed E-state index contributed by atoms with van der Waals surface area (Å²) in [5.41, 5.74) is 1.49. The van der Waals surface area contributed by atoms with Gasteiger partial charge < -0.3 is 10.2 Å². The maximum atomic E-state index is 3.79. The standard InChI is InChI=1S/C15H24N2S/c1-12(8-10-17(2)3)16-14-9-11-18-15-7-5-4-6-13(14)15/h4-7,12,14,16H,8-11H2,1-3H3. The van der Waals surface area contributed by atoms with E-state index in [1.165, 1.54) is 29.1 Å². The second kappa shape index (κ2) is 6.60. The number of nitrogens with zero attached hydrogens (tertiary/aromatic N) is 1. The van der Waals surface area contributed by atoms with Gasteiger partial charge in [-0.15, -0.1) is 11.8 Å². The van der Waals surface area contributed by atoms with Gasteiger partial charge in [0.05, 0.1) is 0 Å². The number of rotatable bonds is 5. The lowest BCUT2D eigenvalue weighted by Crippen LogP contribution is -2.34. The summed E-state index contributed by atoms with van der Waals surface area (Å²) in [6.45, 7) is 3.45. The van der Waals surface area contributed by atoms with Gasteiger partial charge in [-0.25, -0.2) is 0 Å². The average Bonchev–Trinajstić information content (AvgIpc) is 2.37. The predicted molar refractivity (Wildman–Crippen MR) is 80.3 cm³/mol. The van der Waals surface area contributed by atoms with Crippen molar-refractivity contribution < 1.29 is 0 Å². The van der Waals surface area contributed by atoms with Gasteiger partial charge in [-0.05, 0) is 57.8 Å². The highest BCUT2D eigenvalue weighted by Gasteiger charge is 2.21. The smallest absolute Gasteiger partial charge is 0.0341 e. The van der Waals surface area contributed by atoms with Crippen LogP contribution in [0.2, 0.25) is 0 Å². The Bertz CT molecular complexity index is 379. The molecule has 3 heteroatoms. The summed E-state index contributed by atoms with van der Waals surface area (Å²) >= 11 is 1.99. The first-order valence-corrected chi connectivity index (χ1v) is 7.78. The van der Waals surface area contributed by atoms with Crippen LogP contribution in [0.25, 0.3) is 0 Å². The van der Waals surface area contributed by atoms with E-state index in [1.807, 2.05) is 11.8 Å². The summed E-state index contributed by atoms with van der Waals surface area (Å²) in [6.07, 6.45) is 2.45. The fourth-order valence-electron chi connectivity index (χ4n) is 2.39. The second-order valence-corrected chi connectivity index (χ2v) is 6.52. The van der Waals surface area contributed by atoms with Crippen LogP contribution in [0.15, 0.2) is 29.2 Å². The van der Waals surface area contributed by atoms with Crippen LogP contribution in [0.5, 0.6) is 0 Å². The molecule has 1 aliphatic rings. The number of thioether (sulfide) groups is 1. The van der Waals surface area contributed by atoms with Crippen molar-refractivity contribution in [3.63, 3.8) is 0 Å². The van der Waals surface area contributed by atoms with Crippen molar-refractivity contribution in [1.82, 2.24) is 10.2 Å². The average molecular weight is 264 g/mol. The molecule has 0 saturated carbocycles. The van der Waals surface area contributed by atoms with E-state index < -0.39 is 0 Å². The van der Waals surface area contributed by atoms with E-state index in [0.29, 0.717) is 12.1 Å². The Balaban J connectivity index is 1.94. The molecule has 2 nitrogen and oxygen atoms in total. The molecule has 0 spiro atoms. The van der Waals surface area contributed by atoms with Crippen LogP contribution in [-0.4, -0.2) is 37.3 Å². The van der Waals surface area contributed by atoms with Gasteiger partial charge in [-0.1, -0.05) is 18.2 Å². The molecule has 1 heterocycles. The van der Waals surface area contributed by atoms with Crippen molar-refractivity contribution in [2.24, 2.45) is 0 Å². The second-order valence-electron chi connectivity index (χ2n) is 5.39. The molecule has 1 aliphatic heterocycles. The van der Waals surface area contributed by atoms with E-state index in [0.717, 1.165) is 6.54 Å². The molecule has 2 atom stereocenters. The van der Waals surface area contributed by atoms with E-state index in [9.17, 15) is 0 Å². The van der Waals surface area contributed by atoms with Gasteiger partial charge >= 0.3 is 0 Å². The van der Waals surface area contributed by atoms with E-state index in [1.54, 1.807) is 0 Å². The van der Waals surface area contributed by atoms with Crippen LogP contribution in [0.1, 0.15) is 31.4 Å². The van der Waals surface area contributed by atoms with Gasteiger partial charge in [0.1, 0.15) is 0 Å². The topological polar surface area (TPSA) is 15.3 Å². The van der Waals surface area contributed by atoms with Crippen LogP contribution in [0, 0.1) is 0 Å². The minimum Gasteiger partial charge on any atom is -0.309 e. The monoisotopic (exact) mass is 264 g/mol. The summed E-state index contributed by atoms with van der Waals surface area (Å²) in [4.78, 5) is 3.71. The number of benzene rings is 1. The Kier molecular flexibility index (Phi) is 5.10. The molecule has 2 unspecified atom stereocenters. The first kappa shape index (κ1) is 13.9. The normalized spacial score (nSPS) is 20.8. The summed E-state index contributed by atoms with van der Waals surface area (Å²) in [5, 5.41) is 3.79. The fourth-order valence-corrected chi connectivity index (χ4v) is 3.52. The van der Waals surface area contributed by atoms with Crippen molar-refractivity contribution in [1.29, 1.82) is 0 Å². The van der Waals surface area contributed by atoms with E-state index in [2.05, 4.69) is 55.5 Å². The third-order valence-electron chi connectivity index (χ3n) is 3.45. The minimum atomic E-state index is 0.541. The van der Waals surface area contributed by atoms with Crippen LogP contribution in [0.4, 0.5) is 0 Å². The minimum absolute atomic E-state index is 0.541. The number of hydrogen-bond donors (Lipinski definition) is 1. The van der Waals surface area contributed by atoms with Crippen LogP contribution < -0.4 is 5.32 Å². The van der Waals surface area contributed by atoms with E-state index >= 15 is 0 Å². The van der Waals surface area contributed by atoms with Gasteiger partial charge in [0, 0.05) is 17.0 Å². The van der Waals surface area contributed by atoms with Gasteiger partial charge in [0.25, 0.3) is 0 Å². The molecule has 1 N–H and O–H groups in total. The van der Waals surface area contributed by atoms with Crippen molar-refractivity contribution in [3.05, 3.63) is 29.8 Å². The van der Waals surface area contributed by atoms with Gasteiger partial charge in [-0.2, -0.15) is 0 Å². The lowest BCUT2D eigenvalue weighted by molar-refractivity contribution is 0.346. The van der Waals surface area contributed by atoms with Crippen molar-refractivity contribution in [2.45, 2.75) is 36.7 Å². The summed E-state index contributed by atoms with van der Waals surface area (Å²) in [6, 6.07) is 9.94. The molecular formula is C15H24N2S. The molecule has 0 aromatic heterocycles. The Labute approximate surface area is 115 Å². The van der Waals surface area contributed by atoms with Crippen LogP contribution in [0.3, 0.4) is 0 Å². The third-order valence-corrected chi connectivity index (χ3v) is 4.58. The molecule has 0 aliphatic carbocycles. The molecule has 2 rings (SSSR count). The SMILES string of the molecule is CC(CCN(C)C)NC1CCSc2ccccc21. The molecular weight excluding hydrogens is 240 g/mol. The predicted octanol–water partition coefficient (Wildman–Crippen LogP) is 3.15. The first-order chi connectivity index (χ1) is 8.66. The zero-order valence-electron chi connectivity index (χ0n) is 11.6. The van der Waals surface area contributed by atoms with Crippen molar-refractivity contribution in [2.75, 3.05) is 26.4 Å². The molecule has 0 bridgehead atoms. The molecule has 18 heavy (non-hydrogen) atoms. The molecule has 1 aromatic rings. The lowest BCUT2D eigenvalue weighted by atomic mass is 10.0. The number of hydrogen-bond acceptors (Lipinski definition) is 3. The molecule has 0 radical (unpaired) electrons. The molecule has 0 saturated heterocycles. The largest absolute Gasteiger partial charge is 0.309 e. The highest BCUT2D eigenvalue weighted by Crippen LogP contribution is 2.36. The zero-order valence-corrected chi connectivity index (χ0v) is 12.5. The number of nitrogens with one attached hydrogen (secondary N) is 1. The molecule has 100 valence electrons. The van der Waals surface area contributed by atoms with Crippen LogP contribution >= 0.6 is 11.8 Å². The summed E-state index contributed by atoms with van der Waals surface area (Å²) in [5.74, 6) is 1.23. The third kappa shape index (κ3) is 3.74. The van der Waals surface area contributed by atoms with E-state index in [-0.39, 0.29) is 0 Å². The first-order valence-electron chi connectivity index (χ1n) is 6.79. The Morgan fingerprint density at radius 2 is 2.17 bits per heavy atom. The van der Waals surface area contributed by atoms with Gasteiger partial charge in [0.15, 0.2) is 0 Å². The Hall–Kier alpha value is -0.510. The number of fused-ring (bicyclic) bond motifs is 1. The Morgan fingerprint density at radius 3 is 2.94 bits per heavy atom. The highest BCUT2D eigenvalue weighted by molar-refractivity contribution is 7.99. The molecule has 0 amide bonds. The zero-order chi connectivity index (χ0) is 13.0. The van der Waals surface area contributed by atoms with Gasteiger partial charge in [0.2, 0.25) is 0 Å². The van der Waals surface area contributed by atoms with Gasteiger partial charge in [-0.3, -0.25) is 0 Å². The fraction of sp³-hybridized carbons (Fsp3) is 0.600. The molecule has 0 fully saturated rings. The quantitative estimate of drug-likeness (QED) is 0.879. The highest BCUT2D eigenvalue weighted by atomic mass is 32.2. The maximum absolute atomic E-state index is 3.79. The van der Waals surface area contributed by atoms with E-state index in [4.69, 9.17) is 0 Å². The lowest BCUT2D eigenvalue weighted by Gasteiger charge is -2.29. The van der Waals surface area contributed by atoms with Crippen molar-refractivity contribution in [3.8, 4) is 0 Å². The van der Waals surface area contributed by atoms with Crippen LogP contribution in [-0.2, 0) is 0 Å². The Morgan fingerprint density at radius 1 is 1.39 bits per heavy atom. The van der Waals surface area contributed by atoms with Crippen molar-refractivity contribution >= 4 is 11.8 Å².